The van der Waals surface area contributed by atoms with Gasteiger partial charge in [-0.1, -0.05) is 50.1 Å². The first-order chi connectivity index (χ1) is 15.5. The van der Waals surface area contributed by atoms with E-state index in [9.17, 15) is 14.4 Å². The highest BCUT2D eigenvalue weighted by molar-refractivity contribution is 6.04. The average Bonchev–Trinajstić information content (AvgIpc) is 3.06. The van der Waals surface area contributed by atoms with Crippen LogP contribution in [0.1, 0.15) is 49.4 Å². The Morgan fingerprint density at radius 2 is 1.91 bits per heavy atom. The minimum Gasteiger partial charge on any atom is -0.348 e. The second-order valence-electron chi connectivity index (χ2n) is 8.74. The van der Waals surface area contributed by atoms with E-state index in [0.717, 1.165) is 47.0 Å². The molecule has 1 aromatic heterocycles. The topological polar surface area (TPSA) is 57.8 Å². The van der Waals surface area contributed by atoms with Crippen LogP contribution in [0.25, 0.3) is 17.0 Å². The van der Waals surface area contributed by atoms with Gasteiger partial charge in [0, 0.05) is 34.7 Å². The molecule has 0 radical (unpaired) electrons. The molecule has 0 spiro atoms. The number of carbonyl (C=O) groups excluding carboxylic acids is 1. The van der Waals surface area contributed by atoms with Crippen molar-refractivity contribution in [3.8, 4) is 6.07 Å². The van der Waals surface area contributed by atoms with Crippen LogP contribution in [0.5, 0.6) is 0 Å². The first kappa shape index (κ1) is 21.8. The summed E-state index contributed by atoms with van der Waals surface area (Å²) in [6, 6.07) is 16.7. The Hall–Kier alpha value is -3.39. The zero-order valence-corrected chi connectivity index (χ0v) is 18.6. The summed E-state index contributed by atoms with van der Waals surface area (Å²) >= 11 is 0. The average molecular weight is 430 g/mol. The third-order valence-corrected chi connectivity index (χ3v) is 6.62. The Labute approximate surface area is 188 Å². The highest BCUT2D eigenvalue weighted by atomic mass is 19.1. The van der Waals surface area contributed by atoms with Gasteiger partial charge >= 0.3 is 0 Å². The quantitative estimate of drug-likeness (QED) is 0.415. The van der Waals surface area contributed by atoms with Gasteiger partial charge in [0.25, 0.3) is 5.91 Å². The number of carbonyl (C=O) groups is 1. The summed E-state index contributed by atoms with van der Waals surface area (Å²) in [6.07, 6.45) is 6.08. The SMILES string of the molecule is Cc1c(/C=C(\C#N)C(=O)N[C@H]2CCCC[C@@H]2C)c2ccccc2n1Cc1ccc(F)cc1. The van der Waals surface area contributed by atoms with Gasteiger partial charge in [-0.15, -0.1) is 0 Å². The Bertz CT molecular complexity index is 1200. The number of hydrogen-bond donors (Lipinski definition) is 1. The lowest BCUT2D eigenvalue weighted by Crippen LogP contribution is -2.41. The Kier molecular flexibility index (Phi) is 6.41. The fraction of sp³-hybridized carbons (Fsp3) is 0.333. The fourth-order valence-corrected chi connectivity index (χ4v) is 4.69. The van der Waals surface area contributed by atoms with E-state index < -0.39 is 0 Å². The summed E-state index contributed by atoms with van der Waals surface area (Å²) in [7, 11) is 0. The zero-order chi connectivity index (χ0) is 22.7. The summed E-state index contributed by atoms with van der Waals surface area (Å²) in [6.45, 7) is 4.73. The molecule has 0 aliphatic heterocycles. The Balaban J connectivity index is 1.69. The van der Waals surface area contributed by atoms with Gasteiger partial charge in [-0.05, 0) is 55.5 Å². The lowest BCUT2D eigenvalue weighted by Gasteiger charge is -2.29. The van der Waals surface area contributed by atoms with Gasteiger partial charge < -0.3 is 9.88 Å². The third-order valence-electron chi connectivity index (χ3n) is 6.62. The van der Waals surface area contributed by atoms with Crippen molar-refractivity contribution in [3.63, 3.8) is 0 Å². The molecule has 0 saturated heterocycles. The molecular formula is C27H28FN3O. The van der Waals surface area contributed by atoms with E-state index in [1.54, 1.807) is 18.2 Å². The number of para-hydroxylation sites is 1. The molecule has 1 fully saturated rings. The van der Waals surface area contributed by atoms with Gasteiger partial charge in [-0.25, -0.2) is 4.39 Å². The van der Waals surface area contributed by atoms with Crippen molar-refractivity contribution in [1.29, 1.82) is 5.26 Å². The monoisotopic (exact) mass is 429 g/mol. The molecule has 3 aromatic rings. The minimum absolute atomic E-state index is 0.119. The van der Waals surface area contributed by atoms with Crippen LogP contribution in [0.2, 0.25) is 0 Å². The second kappa shape index (κ2) is 9.40. The number of amides is 1. The van der Waals surface area contributed by atoms with Crippen LogP contribution in [0.3, 0.4) is 0 Å². The highest BCUT2D eigenvalue weighted by Crippen LogP contribution is 2.29. The number of halogens is 1. The van der Waals surface area contributed by atoms with E-state index in [0.29, 0.717) is 12.5 Å². The summed E-state index contributed by atoms with van der Waals surface area (Å²) in [4.78, 5) is 12.9. The molecule has 1 aliphatic rings. The summed E-state index contributed by atoms with van der Waals surface area (Å²) in [5, 5.41) is 13.8. The minimum atomic E-state index is -0.305. The molecule has 1 saturated carbocycles. The lowest BCUT2D eigenvalue weighted by atomic mass is 9.86. The number of fused-ring (bicyclic) bond motifs is 1. The van der Waals surface area contributed by atoms with Gasteiger partial charge in [-0.3, -0.25) is 4.79 Å². The number of hydrogen-bond acceptors (Lipinski definition) is 2. The summed E-state index contributed by atoms with van der Waals surface area (Å²) in [5.41, 5.74) is 3.94. The van der Waals surface area contributed by atoms with Gasteiger partial charge in [0.05, 0.1) is 0 Å². The van der Waals surface area contributed by atoms with Crippen molar-refractivity contribution in [2.75, 3.05) is 0 Å². The van der Waals surface area contributed by atoms with E-state index in [-0.39, 0.29) is 23.3 Å². The molecule has 1 aliphatic carbocycles. The van der Waals surface area contributed by atoms with Crippen molar-refractivity contribution < 1.29 is 9.18 Å². The van der Waals surface area contributed by atoms with E-state index in [1.807, 2.05) is 31.2 Å². The van der Waals surface area contributed by atoms with Crippen molar-refractivity contribution in [1.82, 2.24) is 9.88 Å². The molecule has 0 unspecified atom stereocenters. The van der Waals surface area contributed by atoms with Crippen LogP contribution < -0.4 is 5.32 Å². The number of benzene rings is 2. The summed E-state index contributed by atoms with van der Waals surface area (Å²) < 4.78 is 15.5. The van der Waals surface area contributed by atoms with Crippen LogP contribution in [0.15, 0.2) is 54.1 Å². The third kappa shape index (κ3) is 4.45. The molecule has 0 bridgehead atoms. The van der Waals surface area contributed by atoms with E-state index in [1.165, 1.54) is 18.6 Å². The molecule has 4 rings (SSSR count). The molecule has 5 heteroatoms. The molecule has 2 atom stereocenters. The van der Waals surface area contributed by atoms with Gasteiger partial charge in [0.2, 0.25) is 0 Å². The standard InChI is InChI=1S/C27H28FN3O/c1-18-7-3-5-9-25(18)30-27(32)21(16-29)15-24-19(2)31(26-10-6-4-8-23(24)26)17-20-11-13-22(28)14-12-20/h4,6,8,10-15,18,25H,3,5,7,9,17H2,1-2H3,(H,30,32)/b21-15+/t18-,25-/m0/s1. The van der Waals surface area contributed by atoms with Crippen molar-refractivity contribution in [2.24, 2.45) is 5.92 Å². The van der Waals surface area contributed by atoms with E-state index in [2.05, 4.69) is 22.9 Å². The molecule has 1 heterocycles. The maximum atomic E-state index is 13.3. The second-order valence-corrected chi connectivity index (χ2v) is 8.74. The number of rotatable bonds is 5. The first-order valence-corrected chi connectivity index (χ1v) is 11.2. The Morgan fingerprint density at radius 3 is 2.62 bits per heavy atom. The zero-order valence-electron chi connectivity index (χ0n) is 18.6. The van der Waals surface area contributed by atoms with Crippen LogP contribution >= 0.6 is 0 Å². The van der Waals surface area contributed by atoms with Crippen molar-refractivity contribution in [2.45, 2.75) is 52.1 Å². The number of aromatic nitrogens is 1. The fourth-order valence-electron chi connectivity index (χ4n) is 4.69. The van der Waals surface area contributed by atoms with Gasteiger partial charge in [-0.2, -0.15) is 5.26 Å². The van der Waals surface area contributed by atoms with Crippen molar-refractivity contribution >= 4 is 22.9 Å². The lowest BCUT2D eigenvalue weighted by molar-refractivity contribution is -0.118. The van der Waals surface area contributed by atoms with E-state index in [4.69, 9.17) is 0 Å². The molecule has 4 nitrogen and oxygen atoms in total. The normalized spacial score (nSPS) is 19.0. The van der Waals surface area contributed by atoms with Gasteiger partial charge in [0.1, 0.15) is 17.5 Å². The molecule has 1 N–H and O–H groups in total. The number of nitrogens with one attached hydrogen (secondary N) is 1. The maximum Gasteiger partial charge on any atom is 0.262 e. The predicted octanol–water partition coefficient (Wildman–Crippen LogP) is 5.74. The van der Waals surface area contributed by atoms with Crippen LogP contribution in [0, 0.1) is 30.0 Å². The maximum absolute atomic E-state index is 13.3. The smallest absolute Gasteiger partial charge is 0.262 e. The Morgan fingerprint density at radius 1 is 1.19 bits per heavy atom. The van der Waals surface area contributed by atoms with Crippen LogP contribution in [0.4, 0.5) is 4.39 Å². The molecule has 1 amide bonds. The largest absolute Gasteiger partial charge is 0.348 e. The number of nitriles is 1. The highest BCUT2D eigenvalue weighted by Gasteiger charge is 2.24. The molecule has 164 valence electrons. The van der Waals surface area contributed by atoms with E-state index >= 15 is 0 Å². The predicted molar refractivity (Wildman–Crippen MR) is 125 cm³/mol. The molecule has 2 aromatic carbocycles. The van der Waals surface area contributed by atoms with Crippen LogP contribution in [-0.4, -0.2) is 16.5 Å². The van der Waals surface area contributed by atoms with Gasteiger partial charge in [0.15, 0.2) is 0 Å². The molecule has 32 heavy (non-hydrogen) atoms. The number of nitrogens with zero attached hydrogens (tertiary/aromatic N) is 2. The molecular weight excluding hydrogens is 401 g/mol. The summed E-state index contributed by atoms with van der Waals surface area (Å²) in [5.74, 6) is -0.142. The van der Waals surface area contributed by atoms with Crippen molar-refractivity contribution in [3.05, 3.63) is 76.7 Å². The first-order valence-electron chi connectivity index (χ1n) is 11.2. The van der Waals surface area contributed by atoms with Crippen LogP contribution in [-0.2, 0) is 11.3 Å².